The molecule has 0 aromatic heterocycles. The molecule has 1 aliphatic rings. The van der Waals surface area contributed by atoms with Gasteiger partial charge in [-0.2, -0.15) is 0 Å². The van der Waals surface area contributed by atoms with Gasteiger partial charge in [0.15, 0.2) is 0 Å². The van der Waals surface area contributed by atoms with Gasteiger partial charge in [0.1, 0.15) is 6.10 Å². The summed E-state index contributed by atoms with van der Waals surface area (Å²) >= 11 is 0. The van der Waals surface area contributed by atoms with Crippen LogP contribution in [0.1, 0.15) is 21.5 Å². The molecule has 4 nitrogen and oxygen atoms in total. The average Bonchev–Trinajstić information content (AvgIpc) is 2.73. The molecule has 1 amide bonds. The molecule has 2 unspecified atom stereocenters. The molecule has 18 heavy (non-hydrogen) atoms. The van der Waals surface area contributed by atoms with Crippen LogP contribution in [-0.4, -0.2) is 48.3 Å². The summed E-state index contributed by atoms with van der Waals surface area (Å²) in [4.78, 5) is 14.0. The van der Waals surface area contributed by atoms with E-state index >= 15 is 0 Å². The van der Waals surface area contributed by atoms with E-state index in [9.17, 15) is 9.90 Å². The predicted octanol–water partition coefficient (Wildman–Crippen LogP) is 1.14. The van der Waals surface area contributed by atoms with E-state index < -0.39 is 6.10 Å². The second kappa shape index (κ2) is 5.08. The predicted molar refractivity (Wildman–Crippen MR) is 68.6 cm³/mol. The van der Waals surface area contributed by atoms with Gasteiger partial charge >= 0.3 is 0 Å². The Morgan fingerprint density at radius 3 is 2.72 bits per heavy atom. The molecule has 1 heterocycles. The van der Waals surface area contributed by atoms with Gasteiger partial charge < -0.3 is 14.7 Å². The minimum atomic E-state index is -0.593. The van der Waals surface area contributed by atoms with Gasteiger partial charge in [-0.15, -0.1) is 0 Å². The summed E-state index contributed by atoms with van der Waals surface area (Å²) < 4.78 is 5.15. The van der Waals surface area contributed by atoms with Crippen LogP contribution in [0.4, 0.5) is 0 Å². The van der Waals surface area contributed by atoms with E-state index in [0.717, 1.165) is 11.1 Å². The number of aliphatic hydroxyl groups is 1. The molecule has 98 valence electrons. The molecular formula is C14H19NO3. The Labute approximate surface area is 107 Å². The van der Waals surface area contributed by atoms with Crippen molar-refractivity contribution in [3.05, 3.63) is 34.9 Å². The second-order valence-corrected chi connectivity index (χ2v) is 4.87. The molecular weight excluding hydrogens is 230 g/mol. The van der Waals surface area contributed by atoms with Crippen LogP contribution in [0, 0.1) is 13.8 Å². The van der Waals surface area contributed by atoms with Crippen molar-refractivity contribution in [2.75, 3.05) is 20.2 Å². The van der Waals surface area contributed by atoms with Crippen LogP contribution in [0.3, 0.4) is 0 Å². The maximum absolute atomic E-state index is 12.4. The first-order valence-corrected chi connectivity index (χ1v) is 6.10. The van der Waals surface area contributed by atoms with Gasteiger partial charge in [0.05, 0.1) is 6.10 Å². The lowest BCUT2D eigenvalue weighted by Gasteiger charge is -2.17. The standard InChI is InChI=1S/C14H19NO3/c1-9-4-5-10(2)11(6-9)14(17)15-7-12(16)13(8-15)18-3/h4-6,12-13,16H,7-8H2,1-3H3. The Morgan fingerprint density at radius 2 is 2.11 bits per heavy atom. The zero-order valence-electron chi connectivity index (χ0n) is 11.0. The fourth-order valence-electron chi connectivity index (χ4n) is 2.29. The average molecular weight is 249 g/mol. The molecule has 1 aromatic carbocycles. The van der Waals surface area contributed by atoms with Gasteiger partial charge in [-0.1, -0.05) is 17.7 Å². The topological polar surface area (TPSA) is 49.8 Å². The maximum atomic E-state index is 12.4. The number of amides is 1. The highest BCUT2D eigenvalue weighted by atomic mass is 16.5. The molecule has 0 aliphatic carbocycles. The van der Waals surface area contributed by atoms with Crippen LogP contribution in [0.5, 0.6) is 0 Å². The van der Waals surface area contributed by atoms with Crippen LogP contribution in [0.15, 0.2) is 18.2 Å². The number of likely N-dealkylation sites (tertiary alicyclic amines) is 1. The van der Waals surface area contributed by atoms with E-state index in [1.807, 2.05) is 32.0 Å². The third kappa shape index (κ3) is 2.40. The van der Waals surface area contributed by atoms with Crippen LogP contribution in [-0.2, 0) is 4.74 Å². The summed E-state index contributed by atoms with van der Waals surface area (Å²) in [5, 5.41) is 9.76. The Balaban J connectivity index is 2.20. The zero-order valence-corrected chi connectivity index (χ0v) is 11.0. The number of hydrogen-bond donors (Lipinski definition) is 1. The van der Waals surface area contributed by atoms with Crippen LogP contribution in [0.25, 0.3) is 0 Å². The lowest BCUT2D eigenvalue weighted by atomic mass is 10.0. The van der Waals surface area contributed by atoms with E-state index in [2.05, 4.69) is 0 Å². The summed E-state index contributed by atoms with van der Waals surface area (Å²) in [6.07, 6.45) is -0.872. The summed E-state index contributed by atoms with van der Waals surface area (Å²) in [6, 6.07) is 5.83. The molecule has 1 saturated heterocycles. The van der Waals surface area contributed by atoms with Crippen molar-refractivity contribution >= 4 is 5.91 Å². The number of carbonyl (C=O) groups is 1. The van der Waals surface area contributed by atoms with E-state index in [1.54, 1.807) is 12.0 Å². The number of methoxy groups -OCH3 is 1. The molecule has 2 rings (SSSR count). The minimum absolute atomic E-state index is 0.0326. The van der Waals surface area contributed by atoms with Gasteiger partial charge in [-0.3, -0.25) is 4.79 Å². The molecule has 1 aromatic rings. The van der Waals surface area contributed by atoms with Crippen molar-refractivity contribution in [3.8, 4) is 0 Å². The first-order chi connectivity index (χ1) is 8.52. The minimum Gasteiger partial charge on any atom is -0.388 e. The van der Waals surface area contributed by atoms with Gasteiger partial charge in [0, 0.05) is 25.8 Å². The number of β-amino-alcohol motifs (C(OH)–C–C–N with tert-alkyl or cyclic N) is 1. The van der Waals surface area contributed by atoms with E-state index in [0.29, 0.717) is 18.7 Å². The molecule has 1 aliphatic heterocycles. The van der Waals surface area contributed by atoms with Crippen molar-refractivity contribution in [1.29, 1.82) is 0 Å². The maximum Gasteiger partial charge on any atom is 0.254 e. The highest BCUT2D eigenvalue weighted by Gasteiger charge is 2.34. The number of rotatable bonds is 2. The number of aryl methyl sites for hydroxylation is 2. The Bertz CT molecular complexity index is 458. The Kier molecular flexibility index (Phi) is 3.68. The fraction of sp³-hybridized carbons (Fsp3) is 0.500. The normalized spacial score (nSPS) is 23.4. The molecule has 1 N–H and O–H groups in total. The van der Waals surface area contributed by atoms with Crippen molar-refractivity contribution in [2.24, 2.45) is 0 Å². The quantitative estimate of drug-likeness (QED) is 0.855. The molecule has 0 bridgehead atoms. The summed E-state index contributed by atoms with van der Waals surface area (Å²) in [7, 11) is 1.56. The Morgan fingerprint density at radius 1 is 1.39 bits per heavy atom. The fourth-order valence-corrected chi connectivity index (χ4v) is 2.29. The number of benzene rings is 1. The van der Waals surface area contributed by atoms with E-state index in [-0.39, 0.29) is 12.0 Å². The SMILES string of the molecule is COC1CN(C(=O)c2cc(C)ccc2C)CC1O. The first-order valence-electron chi connectivity index (χ1n) is 6.10. The van der Waals surface area contributed by atoms with Gasteiger partial charge in [-0.25, -0.2) is 0 Å². The summed E-state index contributed by atoms with van der Waals surface area (Å²) in [5.74, 6) is -0.0326. The van der Waals surface area contributed by atoms with Gasteiger partial charge in [-0.05, 0) is 25.5 Å². The number of hydrogen-bond acceptors (Lipinski definition) is 3. The highest BCUT2D eigenvalue weighted by Crippen LogP contribution is 2.19. The highest BCUT2D eigenvalue weighted by molar-refractivity contribution is 5.96. The molecule has 2 atom stereocenters. The van der Waals surface area contributed by atoms with Gasteiger partial charge in [0.25, 0.3) is 5.91 Å². The molecule has 0 saturated carbocycles. The second-order valence-electron chi connectivity index (χ2n) is 4.87. The molecule has 1 fully saturated rings. The molecule has 0 radical (unpaired) electrons. The zero-order chi connectivity index (χ0) is 13.3. The largest absolute Gasteiger partial charge is 0.388 e. The third-order valence-electron chi connectivity index (χ3n) is 3.45. The lowest BCUT2D eigenvalue weighted by molar-refractivity contribution is 0.0215. The number of nitrogens with zero attached hydrogens (tertiary/aromatic N) is 1. The number of carbonyl (C=O) groups excluding carboxylic acids is 1. The van der Waals surface area contributed by atoms with Crippen molar-refractivity contribution in [3.63, 3.8) is 0 Å². The first kappa shape index (κ1) is 13.1. The summed E-state index contributed by atoms with van der Waals surface area (Å²) in [5.41, 5.74) is 2.73. The lowest BCUT2D eigenvalue weighted by Crippen LogP contribution is -2.30. The molecule has 0 spiro atoms. The monoisotopic (exact) mass is 249 g/mol. The Hall–Kier alpha value is -1.39. The van der Waals surface area contributed by atoms with Crippen molar-refractivity contribution < 1.29 is 14.6 Å². The van der Waals surface area contributed by atoms with Crippen molar-refractivity contribution in [2.45, 2.75) is 26.1 Å². The van der Waals surface area contributed by atoms with Crippen molar-refractivity contribution in [1.82, 2.24) is 4.90 Å². The third-order valence-corrected chi connectivity index (χ3v) is 3.45. The number of ether oxygens (including phenoxy) is 1. The van der Waals surface area contributed by atoms with Crippen LogP contribution >= 0.6 is 0 Å². The van der Waals surface area contributed by atoms with Crippen LogP contribution < -0.4 is 0 Å². The van der Waals surface area contributed by atoms with E-state index in [1.165, 1.54) is 0 Å². The van der Waals surface area contributed by atoms with Crippen LogP contribution in [0.2, 0.25) is 0 Å². The molecule has 4 heteroatoms. The smallest absolute Gasteiger partial charge is 0.254 e. The summed E-state index contributed by atoms with van der Waals surface area (Å²) in [6.45, 7) is 4.68. The number of aliphatic hydroxyl groups excluding tert-OH is 1. The van der Waals surface area contributed by atoms with Gasteiger partial charge in [0.2, 0.25) is 0 Å². The van der Waals surface area contributed by atoms with E-state index in [4.69, 9.17) is 4.74 Å².